The molecule has 0 radical (unpaired) electrons. The van der Waals surface area contributed by atoms with E-state index >= 15 is 0 Å². The zero-order valence-electron chi connectivity index (χ0n) is 6.37. The van der Waals surface area contributed by atoms with Crippen LogP contribution in [0, 0.1) is 6.92 Å². The smallest absolute Gasteiger partial charge is 0.179 e. The fourth-order valence-electron chi connectivity index (χ4n) is 1.12. The summed E-state index contributed by atoms with van der Waals surface area (Å²) in [5.74, 6) is 0.944. The Balaban J connectivity index is 2.53. The number of ether oxygens (including phenoxy) is 1. The minimum absolute atomic E-state index is 0.455. The third-order valence-corrected chi connectivity index (χ3v) is 1.69. The molecule has 0 saturated carbocycles. The highest BCUT2D eigenvalue weighted by Crippen LogP contribution is 2.20. The zero-order valence-corrected chi connectivity index (χ0v) is 6.37. The second kappa shape index (κ2) is 2.38. The van der Waals surface area contributed by atoms with Gasteiger partial charge in [-0.1, -0.05) is 6.07 Å². The SMILES string of the molecule is Cc1ccc2c(c1)OCN=C2. The van der Waals surface area contributed by atoms with Crippen molar-refractivity contribution in [2.75, 3.05) is 6.73 Å². The van der Waals surface area contributed by atoms with Gasteiger partial charge in [0.15, 0.2) is 6.73 Å². The summed E-state index contributed by atoms with van der Waals surface area (Å²) in [5.41, 5.74) is 2.29. The van der Waals surface area contributed by atoms with Gasteiger partial charge >= 0.3 is 0 Å². The molecule has 1 aliphatic rings. The first-order valence-electron chi connectivity index (χ1n) is 3.59. The lowest BCUT2D eigenvalue weighted by Crippen LogP contribution is -2.03. The lowest BCUT2D eigenvalue weighted by Gasteiger charge is -2.11. The zero-order chi connectivity index (χ0) is 7.68. The minimum Gasteiger partial charge on any atom is -0.471 e. The first-order valence-corrected chi connectivity index (χ1v) is 3.59. The van der Waals surface area contributed by atoms with Gasteiger partial charge in [0.1, 0.15) is 5.75 Å². The molecule has 2 heteroatoms. The van der Waals surface area contributed by atoms with Crippen molar-refractivity contribution in [2.24, 2.45) is 4.99 Å². The number of aryl methyl sites for hydroxylation is 1. The van der Waals surface area contributed by atoms with Gasteiger partial charge in [-0.25, -0.2) is 0 Å². The maximum Gasteiger partial charge on any atom is 0.179 e. The average Bonchev–Trinajstić information content (AvgIpc) is 2.04. The number of benzene rings is 1. The lowest BCUT2D eigenvalue weighted by atomic mass is 10.1. The fourth-order valence-corrected chi connectivity index (χ4v) is 1.12. The van der Waals surface area contributed by atoms with Gasteiger partial charge in [0, 0.05) is 11.8 Å². The molecule has 1 aromatic rings. The van der Waals surface area contributed by atoms with Crippen LogP contribution in [0.1, 0.15) is 11.1 Å². The monoisotopic (exact) mass is 147 g/mol. The summed E-state index contributed by atoms with van der Waals surface area (Å²) < 4.78 is 5.31. The van der Waals surface area contributed by atoms with Crippen molar-refractivity contribution in [3.63, 3.8) is 0 Å². The van der Waals surface area contributed by atoms with Gasteiger partial charge in [-0.05, 0) is 24.6 Å². The summed E-state index contributed by atoms with van der Waals surface area (Å²) in [6, 6.07) is 6.10. The van der Waals surface area contributed by atoms with E-state index in [4.69, 9.17) is 4.74 Å². The van der Waals surface area contributed by atoms with Crippen LogP contribution in [0.4, 0.5) is 0 Å². The average molecular weight is 147 g/mol. The molecule has 0 aliphatic carbocycles. The van der Waals surface area contributed by atoms with E-state index in [1.165, 1.54) is 5.56 Å². The van der Waals surface area contributed by atoms with Crippen LogP contribution < -0.4 is 4.74 Å². The Labute approximate surface area is 65.5 Å². The predicted octanol–water partition coefficient (Wildman–Crippen LogP) is 1.76. The summed E-state index contributed by atoms with van der Waals surface area (Å²) in [5, 5.41) is 0. The quantitative estimate of drug-likeness (QED) is 0.548. The van der Waals surface area contributed by atoms with Crippen LogP contribution in [0.3, 0.4) is 0 Å². The van der Waals surface area contributed by atoms with Gasteiger partial charge in [0.25, 0.3) is 0 Å². The Morgan fingerprint density at radius 2 is 2.36 bits per heavy atom. The summed E-state index contributed by atoms with van der Waals surface area (Å²) in [6.07, 6.45) is 1.85. The van der Waals surface area contributed by atoms with Gasteiger partial charge < -0.3 is 4.74 Å². The summed E-state index contributed by atoms with van der Waals surface area (Å²) >= 11 is 0. The van der Waals surface area contributed by atoms with Crippen LogP contribution in [0.5, 0.6) is 5.75 Å². The van der Waals surface area contributed by atoms with Crippen molar-refractivity contribution in [2.45, 2.75) is 6.92 Å². The molecule has 1 heterocycles. The molecule has 0 spiro atoms. The number of nitrogens with zero attached hydrogens (tertiary/aromatic N) is 1. The number of aliphatic imine (C=N–C) groups is 1. The topological polar surface area (TPSA) is 21.6 Å². The molecule has 0 N–H and O–H groups in total. The maximum atomic E-state index is 5.31. The van der Waals surface area contributed by atoms with Crippen molar-refractivity contribution < 1.29 is 4.74 Å². The number of rotatable bonds is 0. The van der Waals surface area contributed by atoms with E-state index in [9.17, 15) is 0 Å². The highest BCUT2D eigenvalue weighted by atomic mass is 16.5. The van der Waals surface area contributed by atoms with Crippen LogP contribution in [0.25, 0.3) is 0 Å². The molecule has 0 unspecified atom stereocenters. The molecule has 0 fully saturated rings. The van der Waals surface area contributed by atoms with Crippen LogP contribution in [0.2, 0.25) is 0 Å². The number of hydrogen-bond acceptors (Lipinski definition) is 2. The molecule has 1 aliphatic heterocycles. The van der Waals surface area contributed by atoms with E-state index < -0.39 is 0 Å². The molecule has 0 amide bonds. The fraction of sp³-hybridized carbons (Fsp3) is 0.222. The van der Waals surface area contributed by atoms with Crippen molar-refractivity contribution in [1.82, 2.24) is 0 Å². The predicted molar refractivity (Wildman–Crippen MR) is 44.3 cm³/mol. The summed E-state index contributed by atoms with van der Waals surface area (Å²) in [4.78, 5) is 4.00. The van der Waals surface area contributed by atoms with Crippen molar-refractivity contribution >= 4 is 6.21 Å². The summed E-state index contributed by atoms with van der Waals surface area (Å²) in [6.45, 7) is 2.51. The van der Waals surface area contributed by atoms with E-state index in [2.05, 4.69) is 18.0 Å². The van der Waals surface area contributed by atoms with Gasteiger partial charge in [0.05, 0.1) is 0 Å². The Morgan fingerprint density at radius 1 is 1.45 bits per heavy atom. The highest BCUT2D eigenvalue weighted by Gasteiger charge is 2.04. The van der Waals surface area contributed by atoms with Crippen LogP contribution in [-0.2, 0) is 0 Å². The second-order valence-corrected chi connectivity index (χ2v) is 2.63. The summed E-state index contributed by atoms with van der Waals surface area (Å²) in [7, 11) is 0. The van der Waals surface area contributed by atoms with E-state index in [0.29, 0.717) is 6.73 Å². The maximum absolute atomic E-state index is 5.31. The molecule has 0 aromatic heterocycles. The van der Waals surface area contributed by atoms with Gasteiger partial charge in [-0.15, -0.1) is 0 Å². The Morgan fingerprint density at radius 3 is 3.27 bits per heavy atom. The first-order chi connectivity index (χ1) is 5.36. The van der Waals surface area contributed by atoms with Crippen LogP contribution >= 0.6 is 0 Å². The van der Waals surface area contributed by atoms with E-state index in [-0.39, 0.29) is 0 Å². The Hall–Kier alpha value is -1.31. The molecule has 2 rings (SSSR count). The number of fused-ring (bicyclic) bond motifs is 1. The van der Waals surface area contributed by atoms with Gasteiger partial charge in [0.2, 0.25) is 0 Å². The standard InChI is InChI=1S/C9H9NO/c1-7-2-3-8-5-10-6-11-9(8)4-7/h2-5H,6H2,1H3. The third-order valence-electron chi connectivity index (χ3n) is 1.69. The van der Waals surface area contributed by atoms with Crippen molar-refractivity contribution in [3.8, 4) is 5.75 Å². The third kappa shape index (κ3) is 1.11. The van der Waals surface area contributed by atoms with Crippen molar-refractivity contribution in [1.29, 1.82) is 0 Å². The minimum atomic E-state index is 0.455. The normalized spacial score (nSPS) is 13.9. The Bertz CT molecular complexity index is 304. The Kier molecular flexibility index (Phi) is 1.39. The van der Waals surface area contributed by atoms with Crippen molar-refractivity contribution in [3.05, 3.63) is 29.3 Å². The van der Waals surface area contributed by atoms with Gasteiger partial charge in [-0.2, -0.15) is 0 Å². The second-order valence-electron chi connectivity index (χ2n) is 2.63. The molecular weight excluding hydrogens is 138 g/mol. The molecule has 0 atom stereocenters. The van der Waals surface area contributed by atoms with Crippen LogP contribution in [-0.4, -0.2) is 12.9 Å². The highest BCUT2D eigenvalue weighted by molar-refractivity contribution is 5.84. The lowest BCUT2D eigenvalue weighted by molar-refractivity contribution is 0.326. The van der Waals surface area contributed by atoms with E-state index in [0.717, 1.165) is 11.3 Å². The van der Waals surface area contributed by atoms with E-state index in [1.807, 2.05) is 18.3 Å². The molecule has 56 valence electrons. The molecule has 0 bridgehead atoms. The first kappa shape index (κ1) is 6.40. The largest absolute Gasteiger partial charge is 0.471 e. The molecule has 11 heavy (non-hydrogen) atoms. The van der Waals surface area contributed by atoms with Crippen LogP contribution in [0.15, 0.2) is 23.2 Å². The number of hydrogen-bond donors (Lipinski definition) is 0. The molecule has 0 saturated heterocycles. The van der Waals surface area contributed by atoms with Gasteiger partial charge in [-0.3, -0.25) is 4.99 Å². The van der Waals surface area contributed by atoms with E-state index in [1.54, 1.807) is 0 Å². The molecule has 1 aromatic carbocycles. The molecular formula is C9H9NO. The molecule has 2 nitrogen and oxygen atoms in total.